The molecule has 0 bridgehead atoms. The molecule has 17 heavy (non-hydrogen) atoms. The molecule has 0 unspecified atom stereocenters. The minimum absolute atomic E-state index is 0.690. The quantitative estimate of drug-likeness (QED) is 0.820. The molecule has 3 N–H and O–H groups in total. The van der Waals surface area contributed by atoms with Crippen LogP contribution in [-0.4, -0.2) is 18.1 Å². The Hall–Kier alpha value is -1.32. The number of fused-ring (bicyclic) bond motifs is 1. The van der Waals surface area contributed by atoms with Crippen molar-refractivity contribution in [1.82, 2.24) is 4.98 Å². The highest BCUT2D eigenvalue weighted by atomic mass is 35.5. The SMILES string of the molecule is Cc1cc(Cl)cc2c(NCCCN)ccnc12. The van der Waals surface area contributed by atoms with Crippen LogP contribution in [0.5, 0.6) is 0 Å². The molecule has 2 aromatic rings. The summed E-state index contributed by atoms with van der Waals surface area (Å²) >= 11 is 6.08. The smallest absolute Gasteiger partial charge is 0.0752 e. The van der Waals surface area contributed by atoms with Gasteiger partial charge in [0, 0.05) is 28.8 Å². The zero-order valence-corrected chi connectivity index (χ0v) is 10.6. The van der Waals surface area contributed by atoms with Crippen LogP contribution >= 0.6 is 11.6 Å². The zero-order valence-electron chi connectivity index (χ0n) is 9.83. The number of pyridine rings is 1. The lowest BCUT2D eigenvalue weighted by molar-refractivity contribution is 0.875. The number of nitrogens with zero attached hydrogens (tertiary/aromatic N) is 1. The molecule has 90 valence electrons. The second-order valence-corrected chi connectivity index (χ2v) is 4.48. The van der Waals surface area contributed by atoms with Gasteiger partial charge in [0.25, 0.3) is 0 Å². The van der Waals surface area contributed by atoms with Crippen LogP contribution in [-0.2, 0) is 0 Å². The third-order valence-electron chi connectivity index (χ3n) is 2.70. The molecule has 0 spiro atoms. The molecule has 0 atom stereocenters. The molecule has 0 aliphatic carbocycles. The first-order chi connectivity index (χ1) is 8.22. The van der Waals surface area contributed by atoms with E-state index in [0.29, 0.717) is 6.54 Å². The van der Waals surface area contributed by atoms with Gasteiger partial charge in [-0.1, -0.05) is 11.6 Å². The first-order valence-electron chi connectivity index (χ1n) is 5.71. The van der Waals surface area contributed by atoms with E-state index in [4.69, 9.17) is 17.3 Å². The van der Waals surface area contributed by atoms with E-state index in [2.05, 4.69) is 10.3 Å². The first-order valence-corrected chi connectivity index (χ1v) is 6.09. The maximum Gasteiger partial charge on any atom is 0.0752 e. The average Bonchev–Trinajstić information content (AvgIpc) is 2.30. The largest absolute Gasteiger partial charge is 0.384 e. The Morgan fingerprint density at radius 3 is 3.00 bits per heavy atom. The van der Waals surface area contributed by atoms with Crippen LogP contribution in [0.25, 0.3) is 10.9 Å². The molecule has 0 amide bonds. The number of nitrogens with two attached hydrogens (primary N) is 1. The van der Waals surface area contributed by atoms with Crippen LogP contribution in [0.3, 0.4) is 0 Å². The predicted octanol–water partition coefficient (Wildman–Crippen LogP) is 2.96. The van der Waals surface area contributed by atoms with Gasteiger partial charge in [-0.15, -0.1) is 0 Å². The zero-order chi connectivity index (χ0) is 12.3. The van der Waals surface area contributed by atoms with E-state index in [-0.39, 0.29) is 0 Å². The number of aryl methyl sites for hydroxylation is 1. The van der Waals surface area contributed by atoms with E-state index < -0.39 is 0 Å². The molecular weight excluding hydrogens is 234 g/mol. The Morgan fingerprint density at radius 1 is 1.41 bits per heavy atom. The van der Waals surface area contributed by atoms with E-state index in [0.717, 1.165) is 40.1 Å². The molecule has 1 aromatic heterocycles. The van der Waals surface area contributed by atoms with Gasteiger partial charge in [-0.3, -0.25) is 4.98 Å². The van der Waals surface area contributed by atoms with Crippen molar-refractivity contribution >= 4 is 28.2 Å². The minimum atomic E-state index is 0.690. The highest BCUT2D eigenvalue weighted by molar-refractivity contribution is 6.31. The Bertz CT molecular complexity index is 525. The number of nitrogens with one attached hydrogen (secondary N) is 1. The normalized spacial score (nSPS) is 10.8. The Morgan fingerprint density at radius 2 is 2.24 bits per heavy atom. The van der Waals surface area contributed by atoms with Crippen molar-refractivity contribution in [3.05, 3.63) is 35.0 Å². The van der Waals surface area contributed by atoms with Crippen LogP contribution in [0.15, 0.2) is 24.4 Å². The topological polar surface area (TPSA) is 50.9 Å². The summed E-state index contributed by atoms with van der Waals surface area (Å²) in [7, 11) is 0. The molecule has 1 heterocycles. The van der Waals surface area contributed by atoms with Crippen molar-refractivity contribution in [2.75, 3.05) is 18.4 Å². The highest BCUT2D eigenvalue weighted by Gasteiger charge is 2.05. The Balaban J connectivity index is 2.42. The number of rotatable bonds is 4. The molecule has 4 heteroatoms. The summed E-state index contributed by atoms with van der Waals surface area (Å²) in [6.45, 7) is 3.57. The van der Waals surface area contributed by atoms with Crippen LogP contribution in [0.2, 0.25) is 5.02 Å². The lowest BCUT2D eigenvalue weighted by Gasteiger charge is -2.10. The van der Waals surface area contributed by atoms with Gasteiger partial charge in [0.2, 0.25) is 0 Å². The highest BCUT2D eigenvalue weighted by Crippen LogP contribution is 2.27. The Kier molecular flexibility index (Phi) is 3.82. The summed E-state index contributed by atoms with van der Waals surface area (Å²) in [6.07, 6.45) is 2.76. The summed E-state index contributed by atoms with van der Waals surface area (Å²) in [5, 5.41) is 5.17. The van der Waals surface area contributed by atoms with Crippen LogP contribution in [0, 0.1) is 6.92 Å². The predicted molar refractivity (Wildman–Crippen MR) is 73.7 cm³/mol. The van der Waals surface area contributed by atoms with E-state index in [1.54, 1.807) is 0 Å². The summed E-state index contributed by atoms with van der Waals surface area (Å²) in [5.41, 5.74) is 8.63. The average molecular weight is 250 g/mol. The molecule has 0 radical (unpaired) electrons. The minimum Gasteiger partial charge on any atom is -0.384 e. The Labute approximate surface area is 106 Å². The molecule has 0 aliphatic heterocycles. The lowest BCUT2D eigenvalue weighted by Crippen LogP contribution is -2.08. The maximum absolute atomic E-state index is 6.08. The van der Waals surface area contributed by atoms with E-state index in [1.807, 2.05) is 31.3 Å². The van der Waals surface area contributed by atoms with Gasteiger partial charge < -0.3 is 11.1 Å². The summed E-state index contributed by atoms with van der Waals surface area (Å²) < 4.78 is 0. The van der Waals surface area contributed by atoms with Crippen molar-refractivity contribution in [1.29, 1.82) is 0 Å². The van der Waals surface area contributed by atoms with Crippen molar-refractivity contribution < 1.29 is 0 Å². The molecular formula is C13H16ClN3. The van der Waals surface area contributed by atoms with E-state index >= 15 is 0 Å². The standard InChI is InChI=1S/C13H16ClN3/c1-9-7-10(14)8-11-12(16-5-2-4-15)3-6-17-13(9)11/h3,6-8H,2,4-5,15H2,1H3,(H,16,17). The molecule has 2 rings (SSSR count). The second-order valence-electron chi connectivity index (χ2n) is 4.05. The fourth-order valence-electron chi connectivity index (χ4n) is 1.87. The number of benzene rings is 1. The van der Waals surface area contributed by atoms with Gasteiger partial charge in [-0.05, 0) is 43.7 Å². The van der Waals surface area contributed by atoms with Crippen molar-refractivity contribution in [2.24, 2.45) is 5.73 Å². The third-order valence-corrected chi connectivity index (χ3v) is 2.91. The second kappa shape index (κ2) is 5.34. The number of anilines is 1. The maximum atomic E-state index is 6.08. The number of hydrogen-bond donors (Lipinski definition) is 2. The third kappa shape index (κ3) is 2.68. The van der Waals surface area contributed by atoms with Crippen molar-refractivity contribution in [3.63, 3.8) is 0 Å². The van der Waals surface area contributed by atoms with Gasteiger partial charge in [-0.25, -0.2) is 0 Å². The van der Waals surface area contributed by atoms with Crippen LogP contribution < -0.4 is 11.1 Å². The van der Waals surface area contributed by atoms with Crippen LogP contribution in [0.4, 0.5) is 5.69 Å². The summed E-state index contributed by atoms with van der Waals surface area (Å²) in [4.78, 5) is 4.39. The van der Waals surface area contributed by atoms with Crippen LogP contribution in [0.1, 0.15) is 12.0 Å². The van der Waals surface area contributed by atoms with Crippen molar-refractivity contribution in [2.45, 2.75) is 13.3 Å². The number of halogens is 1. The van der Waals surface area contributed by atoms with E-state index in [9.17, 15) is 0 Å². The first kappa shape index (κ1) is 12.1. The summed E-state index contributed by atoms with van der Waals surface area (Å²) in [6, 6.07) is 5.84. The van der Waals surface area contributed by atoms with Gasteiger partial charge in [0.15, 0.2) is 0 Å². The fraction of sp³-hybridized carbons (Fsp3) is 0.308. The lowest BCUT2D eigenvalue weighted by atomic mass is 10.1. The molecule has 0 fully saturated rings. The van der Waals surface area contributed by atoms with E-state index in [1.165, 1.54) is 0 Å². The number of aromatic nitrogens is 1. The summed E-state index contributed by atoms with van der Waals surface area (Å²) in [5.74, 6) is 0. The molecule has 0 saturated heterocycles. The molecule has 0 aliphatic rings. The molecule has 0 saturated carbocycles. The molecule has 1 aromatic carbocycles. The van der Waals surface area contributed by atoms with Gasteiger partial charge in [0.1, 0.15) is 0 Å². The monoisotopic (exact) mass is 249 g/mol. The number of hydrogen-bond acceptors (Lipinski definition) is 3. The molecule has 3 nitrogen and oxygen atoms in total. The fourth-order valence-corrected chi connectivity index (χ4v) is 2.14. The van der Waals surface area contributed by atoms with Gasteiger partial charge in [0.05, 0.1) is 5.52 Å². The van der Waals surface area contributed by atoms with Gasteiger partial charge >= 0.3 is 0 Å². The van der Waals surface area contributed by atoms with Gasteiger partial charge in [-0.2, -0.15) is 0 Å². The van der Waals surface area contributed by atoms with Crippen molar-refractivity contribution in [3.8, 4) is 0 Å².